The molecular weight excluding hydrogens is 528 g/mol. The van der Waals surface area contributed by atoms with Gasteiger partial charge < -0.3 is 15.3 Å². The summed E-state index contributed by atoms with van der Waals surface area (Å²) >= 11 is 8.36. The van der Waals surface area contributed by atoms with Crippen LogP contribution in [0.3, 0.4) is 0 Å². The van der Waals surface area contributed by atoms with Crippen LogP contribution in [0, 0.1) is 5.92 Å². The van der Waals surface area contributed by atoms with Gasteiger partial charge in [-0.2, -0.15) is 0 Å². The molecule has 0 radical (unpaired) electrons. The zero-order chi connectivity index (χ0) is 21.3. The van der Waals surface area contributed by atoms with Crippen molar-refractivity contribution < 1.29 is 9.90 Å². The van der Waals surface area contributed by atoms with Crippen molar-refractivity contribution in [3.05, 3.63) is 61.9 Å². The Hall–Kier alpha value is -1.44. The molecule has 1 unspecified atom stereocenters. The van der Waals surface area contributed by atoms with Crippen LogP contribution in [0.15, 0.2) is 56.3 Å². The predicted molar refractivity (Wildman–Crippen MR) is 131 cm³/mol. The summed E-state index contributed by atoms with van der Waals surface area (Å²) in [6, 6.07) is 13.8. The lowest BCUT2D eigenvalue weighted by molar-refractivity contribution is -0.129. The predicted octanol–water partition coefficient (Wildman–Crippen LogP) is 6.81. The lowest BCUT2D eigenvalue weighted by Gasteiger charge is -2.39. The molecule has 0 bridgehead atoms. The Balaban J connectivity index is 1.69. The van der Waals surface area contributed by atoms with Crippen LogP contribution in [0.2, 0.25) is 0 Å². The molecule has 158 valence electrons. The number of halogens is 2. The Labute approximate surface area is 198 Å². The van der Waals surface area contributed by atoms with Crippen LogP contribution >= 0.6 is 43.6 Å². The first kappa shape index (κ1) is 21.8. The highest BCUT2D eigenvalue weighted by molar-refractivity contribution is 9.11. The highest BCUT2D eigenvalue weighted by atomic mass is 79.9. The number of anilines is 1. The molecule has 2 fully saturated rings. The van der Waals surface area contributed by atoms with Gasteiger partial charge in [0.15, 0.2) is 5.50 Å². The maximum absolute atomic E-state index is 13.5. The number of benzene rings is 2. The van der Waals surface area contributed by atoms with E-state index in [1.165, 1.54) is 18.2 Å². The van der Waals surface area contributed by atoms with Gasteiger partial charge in [-0.25, -0.2) is 0 Å². The zero-order valence-corrected chi connectivity index (χ0v) is 20.6. The topological polar surface area (TPSA) is 52.6 Å². The fourth-order valence-electron chi connectivity index (χ4n) is 4.20. The van der Waals surface area contributed by atoms with Gasteiger partial charge >= 0.3 is 0 Å². The lowest BCUT2D eigenvalue weighted by Crippen LogP contribution is -2.48. The summed E-state index contributed by atoms with van der Waals surface area (Å²) in [6.45, 7) is 2.25. The molecule has 4 rings (SSSR count). The third kappa shape index (κ3) is 4.58. The van der Waals surface area contributed by atoms with Crippen molar-refractivity contribution in [2.75, 3.05) is 5.32 Å². The van der Waals surface area contributed by atoms with Crippen LogP contribution in [-0.2, 0) is 4.79 Å². The number of phenolic OH excluding ortho intramolecular Hbond substituents is 1. The summed E-state index contributed by atoms with van der Waals surface area (Å²) in [7, 11) is 0. The molecule has 1 saturated carbocycles. The number of para-hydroxylation sites is 1. The Morgan fingerprint density at radius 3 is 2.63 bits per heavy atom. The van der Waals surface area contributed by atoms with Crippen molar-refractivity contribution in [2.45, 2.75) is 44.1 Å². The van der Waals surface area contributed by atoms with Crippen molar-refractivity contribution in [2.24, 2.45) is 5.92 Å². The molecular formula is C23H24Br2N2O2S. The van der Waals surface area contributed by atoms with Crippen LogP contribution in [0.25, 0.3) is 6.08 Å². The largest absolute Gasteiger partial charge is 0.506 e. The van der Waals surface area contributed by atoms with Gasteiger partial charge in [-0.05, 0) is 65.0 Å². The number of rotatable bonds is 4. The van der Waals surface area contributed by atoms with E-state index in [2.05, 4.69) is 44.1 Å². The van der Waals surface area contributed by atoms with E-state index in [0.717, 1.165) is 29.4 Å². The van der Waals surface area contributed by atoms with Gasteiger partial charge in [-0.3, -0.25) is 4.79 Å². The summed E-state index contributed by atoms with van der Waals surface area (Å²) in [5.74, 6) is 0.634. The first-order valence-corrected chi connectivity index (χ1v) is 12.6. The highest BCUT2D eigenvalue weighted by Gasteiger charge is 2.43. The number of phenols is 1. The number of hydrogen-bond donors (Lipinski definition) is 2. The maximum atomic E-state index is 13.5. The van der Waals surface area contributed by atoms with E-state index < -0.39 is 0 Å². The monoisotopic (exact) mass is 550 g/mol. The van der Waals surface area contributed by atoms with Gasteiger partial charge in [0, 0.05) is 21.8 Å². The first-order chi connectivity index (χ1) is 14.4. The van der Waals surface area contributed by atoms with Crippen molar-refractivity contribution in [3.8, 4) is 5.75 Å². The summed E-state index contributed by atoms with van der Waals surface area (Å²) in [6.07, 6.45) is 6.36. The molecule has 1 aliphatic heterocycles. The number of carbonyl (C=O) groups excluding carboxylic acids is 1. The van der Waals surface area contributed by atoms with E-state index in [1.807, 2.05) is 41.3 Å². The molecule has 0 spiro atoms. The fraction of sp³-hybridized carbons (Fsp3) is 0.348. The summed E-state index contributed by atoms with van der Waals surface area (Å²) in [4.78, 5) is 16.2. The number of aromatic hydroxyl groups is 1. The molecule has 1 amide bonds. The number of nitrogens with zero attached hydrogens (tertiary/aromatic N) is 1. The van der Waals surface area contributed by atoms with Crippen LogP contribution in [0.4, 0.5) is 5.69 Å². The molecule has 2 aromatic carbocycles. The van der Waals surface area contributed by atoms with E-state index in [0.29, 0.717) is 20.9 Å². The fourth-order valence-corrected chi connectivity index (χ4v) is 6.67. The highest BCUT2D eigenvalue weighted by Crippen LogP contribution is 2.43. The zero-order valence-electron chi connectivity index (χ0n) is 16.6. The second-order valence-corrected chi connectivity index (χ2v) is 10.7. The SMILES string of the molecule is C[C@H]1CCCC[C@@H]1N1C(=O)/C(=C/c2cc(Br)cc(Br)c2O)SC1Nc1ccccc1. The maximum Gasteiger partial charge on any atom is 0.262 e. The van der Waals surface area contributed by atoms with Gasteiger partial charge in [0.2, 0.25) is 0 Å². The number of amides is 1. The third-order valence-electron chi connectivity index (χ3n) is 5.77. The molecule has 1 aliphatic carbocycles. The molecule has 0 aromatic heterocycles. The molecule has 2 aromatic rings. The standard InChI is InChI=1S/C23H24Br2N2O2S/c1-14-7-5-6-10-19(14)27-22(29)20(12-15-11-16(24)13-18(25)21(15)28)30-23(27)26-17-8-3-2-4-9-17/h2-4,8-9,11-14,19,23,26,28H,5-7,10H2,1H3/b20-12-/t14-,19-,23?/m0/s1. The van der Waals surface area contributed by atoms with Crippen LogP contribution < -0.4 is 5.32 Å². The van der Waals surface area contributed by atoms with Gasteiger partial charge in [0.25, 0.3) is 5.91 Å². The molecule has 3 atom stereocenters. The molecule has 30 heavy (non-hydrogen) atoms. The second-order valence-electron chi connectivity index (χ2n) is 7.86. The minimum atomic E-state index is -0.172. The normalized spacial score (nSPS) is 25.7. The van der Waals surface area contributed by atoms with Gasteiger partial charge in [0.05, 0.1) is 9.38 Å². The quantitative estimate of drug-likeness (QED) is 0.410. The molecule has 1 heterocycles. The average Bonchev–Trinajstić information content (AvgIpc) is 3.02. The van der Waals surface area contributed by atoms with E-state index in [9.17, 15) is 9.90 Å². The average molecular weight is 552 g/mol. The van der Waals surface area contributed by atoms with Crippen LogP contribution in [0.5, 0.6) is 5.75 Å². The Bertz CT molecular complexity index is 967. The summed E-state index contributed by atoms with van der Waals surface area (Å²) < 4.78 is 1.43. The molecule has 2 N–H and O–H groups in total. The Morgan fingerprint density at radius 1 is 1.17 bits per heavy atom. The lowest BCUT2D eigenvalue weighted by atomic mass is 9.85. The van der Waals surface area contributed by atoms with Crippen molar-refractivity contribution >= 4 is 61.3 Å². The number of hydrogen-bond acceptors (Lipinski definition) is 4. The van der Waals surface area contributed by atoms with E-state index in [4.69, 9.17) is 0 Å². The van der Waals surface area contributed by atoms with Gasteiger partial charge in [0.1, 0.15) is 5.75 Å². The third-order valence-corrected chi connectivity index (χ3v) is 7.95. The van der Waals surface area contributed by atoms with Gasteiger partial charge in [-0.15, -0.1) is 0 Å². The van der Waals surface area contributed by atoms with Crippen LogP contribution in [-0.4, -0.2) is 27.5 Å². The van der Waals surface area contributed by atoms with Crippen molar-refractivity contribution in [3.63, 3.8) is 0 Å². The molecule has 4 nitrogen and oxygen atoms in total. The minimum Gasteiger partial charge on any atom is -0.506 e. The van der Waals surface area contributed by atoms with E-state index >= 15 is 0 Å². The number of thioether (sulfide) groups is 1. The first-order valence-electron chi connectivity index (χ1n) is 10.1. The number of carbonyl (C=O) groups is 1. The Morgan fingerprint density at radius 2 is 1.90 bits per heavy atom. The van der Waals surface area contributed by atoms with Crippen LogP contribution in [0.1, 0.15) is 38.2 Å². The molecule has 7 heteroatoms. The molecule has 2 aliphatic rings. The smallest absolute Gasteiger partial charge is 0.262 e. The molecule has 1 saturated heterocycles. The van der Waals surface area contributed by atoms with E-state index in [1.54, 1.807) is 12.1 Å². The summed E-state index contributed by atoms with van der Waals surface area (Å²) in [5, 5.41) is 14.0. The number of nitrogens with one attached hydrogen (secondary N) is 1. The van der Waals surface area contributed by atoms with Crippen molar-refractivity contribution in [1.82, 2.24) is 4.90 Å². The van der Waals surface area contributed by atoms with E-state index in [-0.39, 0.29) is 23.2 Å². The minimum absolute atomic E-state index is 0.0303. The second kappa shape index (κ2) is 9.37. The van der Waals surface area contributed by atoms with Crippen molar-refractivity contribution in [1.29, 1.82) is 0 Å². The van der Waals surface area contributed by atoms with Gasteiger partial charge in [-0.1, -0.05) is 65.7 Å². The summed E-state index contributed by atoms with van der Waals surface area (Å²) in [5.41, 5.74) is 1.43. The Kier molecular flexibility index (Phi) is 6.80.